The van der Waals surface area contributed by atoms with Crippen LogP contribution < -0.4 is 4.90 Å². The number of aliphatic imine (C=N–C) groups is 1. The summed E-state index contributed by atoms with van der Waals surface area (Å²) < 4.78 is 6.00. The molecule has 3 aliphatic rings. The second kappa shape index (κ2) is 8.92. The molecule has 0 spiro atoms. The van der Waals surface area contributed by atoms with Gasteiger partial charge >= 0.3 is 0 Å². The largest absolute Gasteiger partial charge is 0.289 e. The molecule has 7 rings (SSSR count). The zero-order valence-corrected chi connectivity index (χ0v) is 21.4. The third-order valence-corrected chi connectivity index (χ3v) is 8.27. The van der Waals surface area contributed by atoms with Crippen LogP contribution in [-0.2, 0) is 13.0 Å². The highest BCUT2D eigenvalue weighted by Gasteiger charge is 2.48. The fourth-order valence-corrected chi connectivity index (χ4v) is 6.34. The standard InChI is InChI=1S/C28H27N7OS/c1-33-27(36)25-24(15-18-7-3-2-4-8-18)34(16-19-11-13-20(14-12-19)22-17-37-32-30-22)31-26(25)35-23-10-6-5-9-21(23)29-28(33)35/h2-4,7-8,11-14,17,21,23H,5-6,9-10,15-16H2,1H3/t21-,23+/m1/s1. The first-order valence-corrected chi connectivity index (χ1v) is 13.7. The Balaban J connectivity index is 1.31. The monoisotopic (exact) mass is 509 g/mol. The molecule has 8 nitrogen and oxygen atoms in total. The molecule has 9 heteroatoms. The number of fused-ring (bicyclic) bond motifs is 5. The topological polar surface area (TPSA) is 79.5 Å². The van der Waals surface area contributed by atoms with Crippen molar-refractivity contribution < 1.29 is 4.79 Å². The van der Waals surface area contributed by atoms with E-state index in [9.17, 15) is 4.79 Å². The van der Waals surface area contributed by atoms with Crippen LogP contribution in [0, 0.1) is 0 Å². The molecule has 0 bridgehead atoms. The Hall–Kier alpha value is -3.85. The molecule has 2 atom stereocenters. The second-order valence-electron chi connectivity index (χ2n) is 10.0. The van der Waals surface area contributed by atoms with Gasteiger partial charge in [-0.15, -0.1) is 5.10 Å². The first kappa shape index (κ1) is 22.4. The number of hydrogen-bond acceptors (Lipinski definition) is 7. The van der Waals surface area contributed by atoms with Crippen LogP contribution in [-0.4, -0.2) is 55.3 Å². The van der Waals surface area contributed by atoms with E-state index >= 15 is 0 Å². The van der Waals surface area contributed by atoms with Gasteiger partial charge in [0.1, 0.15) is 11.3 Å². The molecule has 0 saturated heterocycles. The molecule has 37 heavy (non-hydrogen) atoms. The Morgan fingerprint density at radius 2 is 1.81 bits per heavy atom. The van der Waals surface area contributed by atoms with E-state index in [1.165, 1.54) is 24.4 Å². The molecule has 4 heterocycles. The highest BCUT2D eigenvalue weighted by Crippen LogP contribution is 2.40. The van der Waals surface area contributed by atoms with E-state index in [1.807, 2.05) is 35.3 Å². The second-order valence-corrected chi connectivity index (χ2v) is 10.6. The van der Waals surface area contributed by atoms with Crippen molar-refractivity contribution in [3.63, 3.8) is 0 Å². The summed E-state index contributed by atoms with van der Waals surface area (Å²) >= 11 is 1.35. The van der Waals surface area contributed by atoms with Gasteiger partial charge in [-0.05, 0) is 35.5 Å². The van der Waals surface area contributed by atoms with E-state index in [0.717, 1.165) is 52.7 Å². The Morgan fingerprint density at radius 1 is 1.00 bits per heavy atom. The maximum atomic E-state index is 13.8. The maximum Gasteiger partial charge on any atom is 0.266 e. The molecular weight excluding hydrogens is 482 g/mol. The maximum absolute atomic E-state index is 13.8. The molecule has 1 fully saturated rings. The highest BCUT2D eigenvalue weighted by molar-refractivity contribution is 7.03. The number of rotatable bonds is 5. The zero-order valence-electron chi connectivity index (χ0n) is 20.6. The van der Waals surface area contributed by atoms with E-state index in [4.69, 9.17) is 10.1 Å². The van der Waals surface area contributed by atoms with Gasteiger partial charge in [-0.25, -0.2) is 4.99 Å². The van der Waals surface area contributed by atoms with Gasteiger partial charge in [-0.1, -0.05) is 71.9 Å². The summed E-state index contributed by atoms with van der Waals surface area (Å²) in [6.07, 6.45) is 5.16. The van der Waals surface area contributed by atoms with Crippen molar-refractivity contribution >= 4 is 29.2 Å². The Morgan fingerprint density at radius 3 is 2.59 bits per heavy atom. The van der Waals surface area contributed by atoms with Crippen LogP contribution >= 0.6 is 11.5 Å². The Labute approximate surface area is 219 Å². The summed E-state index contributed by atoms with van der Waals surface area (Å²) in [6.45, 7) is 0.580. The third kappa shape index (κ3) is 3.76. The van der Waals surface area contributed by atoms with Gasteiger partial charge in [-0.3, -0.25) is 19.3 Å². The van der Waals surface area contributed by atoms with Gasteiger partial charge in [0.05, 0.1) is 24.3 Å². The minimum absolute atomic E-state index is 0.0211. The van der Waals surface area contributed by atoms with Gasteiger partial charge in [0.2, 0.25) is 5.96 Å². The SMILES string of the molecule is CN1C(=O)c2c(nn(Cc3ccc(-c4csnn4)cc3)c2Cc2ccccc2)N2C1=N[C@@H]1CCCC[C@@H]12. The summed E-state index contributed by atoms with van der Waals surface area (Å²) in [5, 5.41) is 11.3. The van der Waals surface area contributed by atoms with E-state index in [2.05, 4.69) is 50.9 Å². The molecule has 2 aliphatic heterocycles. The van der Waals surface area contributed by atoms with Crippen LogP contribution in [0.2, 0.25) is 0 Å². The van der Waals surface area contributed by atoms with Crippen LogP contribution in [0.15, 0.2) is 65.0 Å². The van der Waals surface area contributed by atoms with Crippen LogP contribution in [0.5, 0.6) is 0 Å². The summed E-state index contributed by atoms with van der Waals surface area (Å²) in [5.74, 6) is 1.51. The molecule has 0 unspecified atom stereocenters. The van der Waals surface area contributed by atoms with E-state index in [1.54, 1.807) is 4.90 Å². The molecule has 4 aromatic rings. The minimum atomic E-state index is -0.0211. The van der Waals surface area contributed by atoms with Gasteiger partial charge in [-0.2, -0.15) is 5.10 Å². The lowest BCUT2D eigenvalue weighted by Crippen LogP contribution is -2.52. The normalized spacial score (nSPS) is 20.5. The van der Waals surface area contributed by atoms with Crippen molar-refractivity contribution in [1.82, 2.24) is 24.3 Å². The highest BCUT2D eigenvalue weighted by atomic mass is 32.1. The predicted molar refractivity (Wildman–Crippen MR) is 144 cm³/mol. The van der Waals surface area contributed by atoms with Gasteiger partial charge in [0.15, 0.2) is 5.82 Å². The van der Waals surface area contributed by atoms with Crippen LogP contribution in [0.1, 0.15) is 52.9 Å². The van der Waals surface area contributed by atoms with E-state index in [-0.39, 0.29) is 18.0 Å². The van der Waals surface area contributed by atoms with Crippen molar-refractivity contribution in [3.8, 4) is 11.3 Å². The summed E-state index contributed by atoms with van der Waals surface area (Å²) in [5.41, 5.74) is 5.86. The number of aromatic nitrogens is 4. The Bertz CT molecular complexity index is 1480. The summed E-state index contributed by atoms with van der Waals surface area (Å²) in [4.78, 5) is 22.8. The first-order chi connectivity index (χ1) is 18.2. The van der Waals surface area contributed by atoms with Crippen molar-refractivity contribution in [1.29, 1.82) is 0 Å². The van der Waals surface area contributed by atoms with Crippen molar-refractivity contribution in [2.45, 2.75) is 50.7 Å². The van der Waals surface area contributed by atoms with Crippen LogP contribution in [0.3, 0.4) is 0 Å². The van der Waals surface area contributed by atoms with Crippen molar-refractivity contribution in [3.05, 3.63) is 82.4 Å². The number of amides is 1. The molecule has 1 aliphatic carbocycles. The van der Waals surface area contributed by atoms with Gasteiger partial charge in [0, 0.05) is 24.4 Å². The smallest absolute Gasteiger partial charge is 0.266 e. The molecule has 2 aromatic carbocycles. The molecule has 2 aromatic heterocycles. The third-order valence-electron chi connectivity index (χ3n) is 7.76. The Kier molecular flexibility index (Phi) is 5.39. The molecule has 1 amide bonds. The number of nitrogens with zero attached hydrogens (tertiary/aromatic N) is 7. The fourth-order valence-electron chi connectivity index (χ4n) is 5.88. The lowest BCUT2D eigenvalue weighted by Gasteiger charge is -2.36. The first-order valence-electron chi connectivity index (χ1n) is 12.8. The lowest BCUT2D eigenvalue weighted by molar-refractivity contribution is 0.0864. The molecule has 0 N–H and O–H groups in total. The lowest BCUT2D eigenvalue weighted by atomic mass is 9.90. The zero-order chi connectivity index (χ0) is 24.9. The molecule has 0 radical (unpaired) electrons. The average Bonchev–Trinajstić information content (AvgIpc) is 3.67. The summed E-state index contributed by atoms with van der Waals surface area (Å²) in [6, 6.07) is 19.2. The molecule has 1 saturated carbocycles. The van der Waals surface area contributed by atoms with E-state index < -0.39 is 0 Å². The number of carbonyl (C=O) groups excluding carboxylic acids is 1. The average molecular weight is 510 g/mol. The van der Waals surface area contributed by atoms with Gasteiger partial charge in [0.25, 0.3) is 5.91 Å². The van der Waals surface area contributed by atoms with Crippen molar-refractivity contribution in [2.75, 3.05) is 11.9 Å². The molecule has 186 valence electrons. The summed E-state index contributed by atoms with van der Waals surface area (Å²) in [7, 11) is 1.85. The predicted octanol–water partition coefficient (Wildman–Crippen LogP) is 4.61. The fraction of sp³-hybridized carbons (Fsp3) is 0.321. The number of guanidine groups is 1. The minimum Gasteiger partial charge on any atom is -0.289 e. The molecular formula is C28H27N7OS. The number of anilines is 1. The van der Waals surface area contributed by atoms with Gasteiger partial charge < -0.3 is 0 Å². The van der Waals surface area contributed by atoms with Crippen LogP contribution in [0.25, 0.3) is 11.3 Å². The van der Waals surface area contributed by atoms with Crippen molar-refractivity contribution in [2.24, 2.45) is 4.99 Å². The van der Waals surface area contributed by atoms with E-state index in [0.29, 0.717) is 18.5 Å². The number of carbonyl (C=O) groups is 1. The number of hydrogen-bond donors (Lipinski definition) is 0. The van der Waals surface area contributed by atoms with Crippen LogP contribution in [0.4, 0.5) is 5.82 Å². The quantitative estimate of drug-likeness (QED) is 0.392. The number of benzene rings is 2.